The number of carboxylic acid groups (broad SMARTS) is 1. The Hall–Kier alpha value is -2.30. The molecule has 4 nitrogen and oxygen atoms in total. The van der Waals surface area contributed by atoms with Crippen LogP contribution < -0.4 is 5.32 Å². The first-order chi connectivity index (χ1) is 10.5. The van der Waals surface area contributed by atoms with Crippen molar-refractivity contribution in [3.8, 4) is 0 Å². The standard InChI is InChI=1S/C16H10Cl2N2O2/c17-10-7-12-14(4-5-19-15(12)13(18)8-10)20-11-3-1-2-9(6-11)16(21)22/h1-8H,(H,19,20)(H,21,22). The van der Waals surface area contributed by atoms with E-state index in [1.807, 2.05) is 0 Å². The van der Waals surface area contributed by atoms with Crippen LogP contribution in [0.5, 0.6) is 0 Å². The van der Waals surface area contributed by atoms with Crippen molar-refractivity contribution < 1.29 is 9.90 Å². The smallest absolute Gasteiger partial charge is 0.335 e. The van der Waals surface area contributed by atoms with Gasteiger partial charge in [-0.25, -0.2) is 4.79 Å². The van der Waals surface area contributed by atoms with Gasteiger partial charge in [-0.05, 0) is 36.4 Å². The van der Waals surface area contributed by atoms with E-state index in [-0.39, 0.29) is 5.56 Å². The second-order valence-corrected chi connectivity index (χ2v) is 5.50. The number of aromatic carboxylic acids is 1. The van der Waals surface area contributed by atoms with Crippen LogP contribution in [0.15, 0.2) is 48.7 Å². The monoisotopic (exact) mass is 332 g/mol. The van der Waals surface area contributed by atoms with E-state index in [1.165, 1.54) is 6.07 Å². The van der Waals surface area contributed by atoms with Crippen LogP contribution in [0.25, 0.3) is 10.9 Å². The maximum Gasteiger partial charge on any atom is 0.335 e. The van der Waals surface area contributed by atoms with Crippen LogP contribution in [0, 0.1) is 0 Å². The number of halogens is 2. The van der Waals surface area contributed by atoms with Crippen LogP contribution in [-0.2, 0) is 0 Å². The summed E-state index contributed by atoms with van der Waals surface area (Å²) in [7, 11) is 0. The van der Waals surface area contributed by atoms with Gasteiger partial charge < -0.3 is 10.4 Å². The summed E-state index contributed by atoms with van der Waals surface area (Å²) in [6.45, 7) is 0. The molecule has 0 aliphatic heterocycles. The Morgan fingerprint density at radius 3 is 2.73 bits per heavy atom. The summed E-state index contributed by atoms with van der Waals surface area (Å²) >= 11 is 12.2. The SMILES string of the molecule is O=C(O)c1cccc(Nc2ccnc3c(Cl)cc(Cl)cc23)c1. The number of carbonyl (C=O) groups is 1. The summed E-state index contributed by atoms with van der Waals surface area (Å²) in [6.07, 6.45) is 1.63. The van der Waals surface area contributed by atoms with Crippen LogP contribution in [-0.4, -0.2) is 16.1 Å². The van der Waals surface area contributed by atoms with Gasteiger partial charge in [0.1, 0.15) is 0 Å². The van der Waals surface area contributed by atoms with Crippen molar-refractivity contribution in [1.82, 2.24) is 4.98 Å². The minimum absolute atomic E-state index is 0.208. The van der Waals surface area contributed by atoms with Crippen LogP contribution in [0.2, 0.25) is 10.0 Å². The summed E-state index contributed by atoms with van der Waals surface area (Å²) < 4.78 is 0. The van der Waals surface area contributed by atoms with Gasteiger partial charge in [-0.3, -0.25) is 4.98 Å². The molecule has 1 heterocycles. The normalized spacial score (nSPS) is 10.6. The Labute approximate surface area is 136 Å². The number of aromatic nitrogens is 1. The van der Waals surface area contributed by atoms with Gasteiger partial charge in [-0.1, -0.05) is 29.3 Å². The van der Waals surface area contributed by atoms with Gasteiger partial charge >= 0.3 is 5.97 Å². The summed E-state index contributed by atoms with van der Waals surface area (Å²) in [5.41, 5.74) is 2.24. The molecule has 2 N–H and O–H groups in total. The lowest BCUT2D eigenvalue weighted by Crippen LogP contribution is -1.98. The summed E-state index contributed by atoms with van der Waals surface area (Å²) in [5, 5.41) is 14.0. The van der Waals surface area contributed by atoms with E-state index >= 15 is 0 Å². The molecule has 22 heavy (non-hydrogen) atoms. The Morgan fingerprint density at radius 1 is 1.14 bits per heavy atom. The van der Waals surface area contributed by atoms with Gasteiger partial charge in [0.15, 0.2) is 0 Å². The molecule has 0 bridgehead atoms. The molecule has 0 saturated heterocycles. The van der Waals surface area contributed by atoms with Crippen molar-refractivity contribution in [2.75, 3.05) is 5.32 Å². The molecule has 0 amide bonds. The average molecular weight is 333 g/mol. The lowest BCUT2D eigenvalue weighted by atomic mass is 10.1. The average Bonchev–Trinajstić information content (AvgIpc) is 2.48. The molecule has 3 aromatic rings. The molecule has 110 valence electrons. The molecule has 0 saturated carbocycles. The maximum absolute atomic E-state index is 11.0. The Morgan fingerprint density at radius 2 is 1.95 bits per heavy atom. The first-order valence-corrected chi connectivity index (χ1v) is 7.14. The highest BCUT2D eigenvalue weighted by Gasteiger charge is 2.09. The number of pyridine rings is 1. The molecule has 0 atom stereocenters. The molecule has 0 radical (unpaired) electrons. The van der Waals surface area contributed by atoms with Crippen LogP contribution in [0.1, 0.15) is 10.4 Å². The lowest BCUT2D eigenvalue weighted by molar-refractivity contribution is 0.0697. The van der Waals surface area contributed by atoms with Crippen molar-refractivity contribution in [3.63, 3.8) is 0 Å². The second-order valence-electron chi connectivity index (χ2n) is 4.65. The third-order valence-electron chi connectivity index (χ3n) is 3.15. The Bertz CT molecular complexity index is 881. The molecular weight excluding hydrogens is 323 g/mol. The van der Waals surface area contributed by atoms with Crippen molar-refractivity contribution >= 4 is 51.4 Å². The third-order valence-corrected chi connectivity index (χ3v) is 3.66. The van der Waals surface area contributed by atoms with E-state index < -0.39 is 5.97 Å². The Balaban J connectivity index is 2.08. The molecule has 1 aromatic heterocycles. The van der Waals surface area contributed by atoms with Gasteiger partial charge in [0.05, 0.1) is 16.1 Å². The molecule has 0 fully saturated rings. The fourth-order valence-electron chi connectivity index (χ4n) is 2.17. The molecular formula is C16H10Cl2N2O2. The highest BCUT2D eigenvalue weighted by Crippen LogP contribution is 2.32. The quantitative estimate of drug-likeness (QED) is 0.709. The molecule has 0 unspecified atom stereocenters. The molecule has 0 aliphatic carbocycles. The highest BCUT2D eigenvalue weighted by atomic mass is 35.5. The van der Waals surface area contributed by atoms with E-state index in [1.54, 1.807) is 42.6 Å². The number of hydrogen-bond acceptors (Lipinski definition) is 3. The van der Waals surface area contributed by atoms with E-state index in [0.29, 0.717) is 21.2 Å². The number of benzene rings is 2. The fraction of sp³-hybridized carbons (Fsp3) is 0. The van der Waals surface area contributed by atoms with Gasteiger partial charge in [-0.15, -0.1) is 0 Å². The predicted octanol–water partition coefficient (Wildman–Crippen LogP) is 4.98. The number of nitrogens with zero attached hydrogens (tertiary/aromatic N) is 1. The second kappa shape index (κ2) is 5.83. The molecule has 0 aliphatic rings. The van der Waals surface area contributed by atoms with E-state index in [9.17, 15) is 4.79 Å². The number of fused-ring (bicyclic) bond motifs is 1. The molecule has 2 aromatic carbocycles. The molecule has 0 spiro atoms. The van der Waals surface area contributed by atoms with Crippen molar-refractivity contribution in [3.05, 3.63) is 64.3 Å². The number of nitrogens with one attached hydrogen (secondary N) is 1. The van der Waals surface area contributed by atoms with Gasteiger partial charge in [0, 0.05) is 28.0 Å². The van der Waals surface area contributed by atoms with Gasteiger partial charge in [-0.2, -0.15) is 0 Å². The summed E-state index contributed by atoms with van der Waals surface area (Å²) in [4.78, 5) is 15.3. The number of rotatable bonds is 3. The fourth-order valence-corrected chi connectivity index (χ4v) is 2.72. The topological polar surface area (TPSA) is 62.2 Å². The lowest BCUT2D eigenvalue weighted by Gasteiger charge is -2.11. The zero-order valence-electron chi connectivity index (χ0n) is 11.2. The number of carboxylic acids is 1. The number of anilines is 2. The predicted molar refractivity (Wildman–Crippen MR) is 88.4 cm³/mol. The van der Waals surface area contributed by atoms with Crippen molar-refractivity contribution in [2.24, 2.45) is 0 Å². The first-order valence-electron chi connectivity index (χ1n) is 6.39. The van der Waals surface area contributed by atoms with Crippen LogP contribution >= 0.6 is 23.2 Å². The number of hydrogen-bond donors (Lipinski definition) is 2. The minimum atomic E-state index is -0.977. The highest BCUT2D eigenvalue weighted by molar-refractivity contribution is 6.38. The molecule has 3 rings (SSSR count). The summed E-state index contributed by atoms with van der Waals surface area (Å²) in [5.74, 6) is -0.977. The first kappa shape index (κ1) is 14.6. The minimum Gasteiger partial charge on any atom is -0.478 e. The van der Waals surface area contributed by atoms with Crippen molar-refractivity contribution in [2.45, 2.75) is 0 Å². The van der Waals surface area contributed by atoms with E-state index in [0.717, 1.165) is 11.1 Å². The van der Waals surface area contributed by atoms with Crippen LogP contribution in [0.3, 0.4) is 0 Å². The van der Waals surface area contributed by atoms with E-state index in [4.69, 9.17) is 28.3 Å². The maximum atomic E-state index is 11.0. The Kier molecular flexibility index (Phi) is 3.88. The van der Waals surface area contributed by atoms with E-state index in [2.05, 4.69) is 10.3 Å². The third kappa shape index (κ3) is 2.84. The summed E-state index contributed by atoms with van der Waals surface area (Å²) in [6, 6.07) is 11.7. The van der Waals surface area contributed by atoms with Crippen molar-refractivity contribution in [1.29, 1.82) is 0 Å². The zero-order valence-corrected chi connectivity index (χ0v) is 12.7. The molecule has 6 heteroatoms. The zero-order chi connectivity index (χ0) is 15.7. The largest absolute Gasteiger partial charge is 0.478 e. The van der Waals surface area contributed by atoms with Gasteiger partial charge in [0.2, 0.25) is 0 Å². The van der Waals surface area contributed by atoms with Gasteiger partial charge in [0.25, 0.3) is 0 Å². The van der Waals surface area contributed by atoms with Crippen LogP contribution in [0.4, 0.5) is 11.4 Å².